The van der Waals surface area contributed by atoms with Crippen molar-refractivity contribution in [2.24, 2.45) is 0 Å². The minimum atomic E-state index is 0.274. The molecule has 0 spiro atoms. The maximum atomic E-state index is 4.13. The van der Waals surface area contributed by atoms with Crippen LogP contribution in [0.15, 0.2) is 90.6 Å². The molecule has 124 valence electrons. The van der Waals surface area contributed by atoms with Crippen molar-refractivity contribution in [1.82, 2.24) is 15.5 Å². The Balaban J connectivity index is 1.55. The summed E-state index contributed by atoms with van der Waals surface area (Å²) in [4.78, 5) is 2.02. The molecule has 3 nitrogen and oxygen atoms in total. The van der Waals surface area contributed by atoms with E-state index < -0.39 is 0 Å². The third-order valence-corrected chi connectivity index (χ3v) is 4.56. The fraction of sp³-hybridized carbons (Fsp3) is 0.238. The molecule has 0 bridgehead atoms. The molecule has 1 heterocycles. The van der Waals surface area contributed by atoms with Gasteiger partial charge in [0.15, 0.2) is 0 Å². The lowest BCUT2D eigenvalue weighted by Crippen LogP contribution is -2.42. The highest BCUT2D eigenvalue weighted by Gasteiger charge is 2.23. The van der Waals surface area contributed by atoms with Crippen LogP contribution in [-0.4, -0.2) is 18.0 Å². The lowest BCUT2D eigenvalue weighted by atomic mass is 9.93. The van der Waals surface area contributed by atoms with Gasteiger partial charge in [0, 0.05) is 31.9 Å². The van der Waals surface area contributed by atoms with E-state index in [-0.39, 0.29) is 6.04 Å². The highest BCUT2D eigenvalue weighted by atomic mass is 15.3. The third kappa shape index (κ3) is 3.80. The van der Waals surface area contributed by atoms with E-state index in [1.165, 1.54) is 16.7 Å². The van der Waals surface area contributed by atoms with Crippen LogP contribution in [0.3, 0.4) is 0 Å². The largest absolute Gasteiger partial charge is 0.387 e. The van der Waals surface area contributed by atoms with Crippen molar-refractivity contribution in [2.45, 2.75) is 25.4 Å². The molecule has 2 N–H and O–H groups in total. The van der Waals surface area contributed by atoms with Gasteiger partial charge in [0.1, 0.15) is 0 Å². The van der Waals surface area contributed by atoms with Crippen LogP contribution in [0.1, 0.15) is 18.4 Å². The average molecular weight is 319 g/mol. The van der Waals surface area contributed by atoms with E-state index in [1.807, 2.05) is 18.0 Å². The van der Waals surface area contributed by atoms with Gasteiger partial charge in [-0.3, -0.25) is 0 Å². The summed E-state index contributed by atoms with van der Waals surface area (Å²) in [5.74, 6) is 0.913. The third-order valence-electron chi connectivity index (χ3n) is 4.56. The first-order chi connectivity index (χ1) is 11.6. The van der Waals surface area contributed by atoms with Crippen molar-refractivity contribution in [2.75, 3.05) is 7.05 Å². The van der Waals surface area contributed by atoms with E-state index in [2.05, 4.69) is 72.5 Å². The van der Waals surface area contributed by atoms with Gasteiger partial charge in [-0.15, -0.1) is 0 Å². The Morgan fingerprint density at radius 3 is 2.71 bits per heavy atom. The standard InChI is InChI=1S/C21H25N3/c1-16-13-21(23-17(2)24(16)3)20-11-9-19(10-12-20)15-22-14-18-7-5-4-6-8-18/h4-9,11-12,15,21-23H,1-2,10,13-14H2,3H3/b19-15-. The number of allylic oxidation sites excluding steroid dienone is 3. The van der Waals surface area contributed by atoms with Gasteiger partial charge in [-0.25, -0.2) is 0 Å². The summed E-state index contributed by atoms with van der Waals surface area (Å²) < 4.78 is 0. The topological polar surface area (TPSA) is 27.3 Å². The zero-order chi connectivity index (χ0) is 16.9. The van der Waals surface area contributed by atoms with Gasteiger partial charge in [0.2, 0.25) is 0 Å². The minimum Gasteiger partial charge on any atom is -0.387 e. The number of nitrogens with one attached hydrogen (secondary N) is 2. The second-order valence-corrected chi connectivity index (χ2v) is 6.30. The van der Waals surface area contributed by atoms with Crippen LogP contribution in [0.4, 0.5) is 0 Å². The fourth-order valence-electron chi connectivity index (χ4n) is 2.95. The molecule has 1 aliphatic carbocycles. The Morgan fingerprint density at radius 2 is 2.04 bits per heavy atom. The normalized spacial score (nSPS) is 22.4. The van der Waals surface area contributed by atoms with E-state index in [4.69, 9.17) is 0 Å². The molecule has 0 aromatic heterocycles. The maximum absolute atomic E-state index is 4.13. The predicted molar refractivity (Wildman–Crippen MR) is 101 cm³/mol. The Kier molecular flexibility index (Phi) is 4.90. The summed E-state index contributed by atoms with van der Waals surface area (Å²) in [7, 11) is 2.00. The van der Waals surface area contributed by atoms with Gasteiger partial charge in [-0.1, -0.05) is 61.7 Å². The molecule has 1 fully saturated rings. The summed E-state index contributed by atoms with van der Waals surface area (Å²) in [6.45, 7) is 9.04. The maximum Gasteiger partial charge on any atom is 0.0983 e. The van der Waals surface area contributed by atoms with Gasteiger partial charge >= 0.3 is 0 Å². The van der Waals surface area contributed by atoms with Crippen LogP contribution < -0.4 is 10.6 Å². The van der Waals surface area contributed by atoms with Crippen molar-refractivity contribution in [3.8, 4) is 0 Å². The highest BCUT2D eigenvalue weighted by molar-refractivity contribution is 5.40. The molecular weight excluding hydrogens is 294 g/mol. The molecule has 3 rings (SSSR count). The van der Waals surface area contributed by atoms with E-state index in [0.717, 1.165) is 30.9 Å². The zero-order valence-corrected chi connectivity index (χ0v) is 14.3. The molecule has 0 radical (unpaired) electrons. The molecule has 1 saturated heterocycles. The first-order valence-electron chi connectivity index (χ1n) is 8.35. The van der Waals surface area contributed by atoms with Crippen LogP contribution in [0, 0.1) is 0 Å². The molecule has 1 unspecified atom stereocenters. The van der Waals surface area contributed by atoms with Gasteiger partial charge in [-0.2, -0.15) is 0 Å². The van der Waals surface area contributed by atoms with Crippen LogP contribution >= 0.6 is 0 Å². The number of nitrogens with zero attached hydrogens (tertiary/aromatic N) is 1. The molecule has 0 saturated carbocycles. The summed E-state index contributed by atoms with van der Waals surface area (Å²) >= 11 is 0. The quantitative estimate of drug-likeness (QED) is 0.883. The summed E-state index contributed by atoms with van der Waals surface area (Å²) in [6.07, 6.45) is 10.6. The minimum absolute atomic E-state index is 0.274. The first-order valence-corrected chi connectivity index (χ1v) is 8.35. The number of benzene rings is 1. The Morgan fingerprint density at radius 1 is 1.25 bits per heavy atom. The molecule has 1 aromatic carbocycles. The van der Waals surface area contributed by atoms with Crippen LogP contribution in [-0.2, 0) is 6.54 Å². The summed E-state index contributed by atoms with van der Waals surface area (Å²) in [5, 5.41) is 6.85. The predicted octanol–water partition coefficient (Wildman–Crippen LogP) is 3.83. The summed E-state index contributed by atoms with van der Waals surface area (Å²) in [5.41, 5.74) is 4.99. The van der Waals surface area contributed by atoms with Gasteiger partial charge in [0.05, 0.1) is 11.9 Å². The molecule has 2 aliphatic rings. The number of rotatable bonds is 4. The smallest absolute Gasteiger partial charge is 0.0983 e. The first kappa shape index (κ1) is 16.2. The van der Waals surface area contributed by atoms with Crippen molar-refractivity contribution < 1.29 is 0 Å². The Bertz CT molecular complexity index is 692. The van der Waals surface area contributed by atoms with Gasteiger partial charge < -0.3 is 15.5 Å². The van der Waals surface area contributed by atoms with E-state index >= 15 is 0 Å². The van der Waals surface area contributed by atoms with Crippen LogP contribution in [0.5, 0.6) is 0 Å². The average Bonchev–Trinajstić information content (AvgIpc) is 2.61. The highest BCUT2D eigenvalue weighted by Crippen LogP contribution is 2.26. The number of hydrogen-bond donors (Lipinski definition) is 2. The lowest BCUT2D eigenvalue weighted by molar-refractivity contribution is 0.374. The van der Waals surface area contributed by atoms with E-state index in [9.17, 15) is 0 Å². The Hall–Kier alpha value is -2.68. The second-order valence-electron chi connectivity index (χ2n) is 6.30. The summed E-state index contributed by atoms with van der Waals surface area (Å²) in [6, 6.07) is 10.7. The monoisotopic (exact) mass is 319 g/mol. The molecule has 3 heteroatoms. The van der Waals surface area contributed by atoms with Gasteiger partial charge in [0.25, 0.3) is 0 Å². The molecule has 1 aliphatic heterocycles. The molecule has 24 heavy (non-hydrogen) atoms. The fourth-order valence-corrected chi connectivity index (χ4v) is 2.95. The van der Waals surface area contributed by atoms with Gasteiger partial charge in [-0.05, 0) is 23.1 Å². The van der Waals surface area contributed by atoms with Crippen molar-refractivity contribution in [1.29, 1.82) is 0 Å². The molecule has 1 aromatic rings. The molecular formula is C21H25N3. The molecule has 1 atom stereocenters. The van der Waals surface area contributed by atoms with Crippen molar-refractivity contribution >= 4 is 0 Å². The molecule has 0 amide bonds. The van der Waals surface area contributed by atoms with E-state index in [1.54, 1.807) is 0 Å². The lowest BCUT2D eigenvalue weighted by Gasteiger charge is -2.37. The van der Waals surface area contributed by atoms with Crippen LogP contribution in [0.2, 0.25) is 0 Å². The van der Waals surface area contributed by atoms with Crippen molar-refractivity contribution in [3.05, 3.63) is 96.1 Å². The van der Waals surface area contributed by atoms with E-state index in [0.29, 0.717) is 0 Å². The van der Waals surface area contributed by atoms with Crippen LogP contribution in [0.25, 0.3) is 0 Å². The Labute approximate surface area is 144 Å². The second kappa shape index (κ2) is 7.26. The number of hydrogen-bond acceptors (Lipinski definition) is 3. The SMILES string of the molecule is C=C1CC(C2=CC/C(=C\NCc3ccccc3)C=C2)NC(=C)N1C. The van der Waals surface area contributed by atoms with Crippen molar-refractivity contribution in [3.63, 3.8) is 0 Å². The zero-order valence-electron chi connectivity index (χ0n) is 14.3.